The molecule has 1 aliphatic carbocycles. The van der Waals surface area contributed by atoms with Crippen LogP contribution in [0.3, 0.4) is 0 Å². The lowest BCUT2D eigenvalue weighted by Gasteiger charge is -2.42. The minimum Gasteiger partial charge on any atom is -0.370 e. The second kappa shape index (κ2) is 5.12. The summed E-state index contributed by atoms with van der Waals surface area (Å²) in [5.41, 5.74) is 1.40. The van der Waals surface area contributed by atoms with E-state index >= 15 is 0 Å². The van der Waals surface area contributed by atoms with Crippen LogP contribution in [0.25, 0.3) is 0 Å². The average Bonchev–Trinajstić information content (AvgIpc) is 2.29. The Bertz CT molecular complexity index is 419. The third-order valence-electron chi connectivity index (χ3n) is 3.97. The molecule has 0 radical (unpaired) electrons. The molecule has 1 heterocycles. The van der Waals surface area contributed by atoms with E-state index in [-0.39, 0.29) is 5.54 Å². The van der Waals surface area contributed by atoms with E-state index < -0.39 is 0 Å². The van der Waals surface area contributed by atoms with E-state index in [1.54, 1.807) is 0 Å². The molecule has 0 aromatic carbocycles. The van der Waals surface area contributed by atoms with Gasteiger partial charge in [-0.05, 0) is 46.5 Å². The average molecular weight is 248 g/mol. The van der Waals surface area contributed by atoms with Crippen LogP contribution in [-0.2, 0) is 0 Å². The Morgan fingerprint density at radius 1 is 1.11 bits per heavy atom. The van der Waals surface area contributed by atoms with Gasteiger partial charge in [0.15, 0.2) is 0 Å². The molecule has 0 aliphatic heterocycles. The molecule has 0 unspecified atom stereocenters. The monoisotopic (exact) mass is 248 g/mol. The predicted octanol–water partition coefficient (Wildman–Crippen LogP) is 3.27. The van der Waals surface area contributed by atoms with Crippen LogP contribution in [0.1, 0.15) is 50.9 Å². The van der Waals surface area contributed by atoms with Gasteiger partial charge in [0, 0.05) is 17.6 Å². The Morgan fingerprint density at radius 2 is 1.78 bits per heavy atom. The minimum atomic E-state index is 0.273. The van der Waals surface area contributed by atoms with Crippen LogP contribution >= 0.6 is 0 Å². The molecule has 18 heavy (non-hydrogen) atoms. The maximum Gasteiger partial charge on any atom is 0.135 e. The fraction of sp³-hybridized carbons (Fsp3) is 0.714. The van der Waals surface area contributed by atoms with Gasteiger partial charge in [-0.3, -0.25) is 0 Å². The maximum absolute atomic E-state index is 4.57. The van der Waals surface area contributed by atoms with Crippen molar-refractivity contribution in [2.24, 2.45) is 0 Å². The van der Waals surface area contributed by atoms with Crippen LogP contribution in [-0.4, -0.2) is 22.1 Å². The summed E-state index contributed by atoms with van der Waals surface area (Å²) in [6.45, 7) is 9.26. The number of nitrogens with one attached hydrogen (secondary N) is 2. The second-order valence-corrected chi connectivity index (χ2v) is 5.24. The SMILES string of the molecule is CCNc1nc(C)nc(NC2(CC)CCC2)c1C. The molecule has 4 heteroatoms. The van der Waals surface area contributed by atoms with Gasteiger partial charge >= 0.3 is 0 Å². The smallest absolute Gasteiger partial charge is 0.135 e. The van der Waals surface area contributed by atoms with Gasteiger partial charge in [0.05, 0.1) is 0 Å². The Hall–Kier alpha value is -1.32. The summed E-state index contributed by atoms with van der Waals surface area (Å²) >= 11 is 0. The van der Waals surface area contributed by atoms with Crippen molar-refractivity contribution in [2.75, 3.05) is 17.2 Å². The summed E-state index contributed by atoms with van der Waals surface area (Å²) in [5, 5.41) is 6.96. The van der Waals surface area contributed by atoms with E-state index in [2.05, 4.69) is 41.4 Å². The van der Waals surface area contributed by atoms with Crippen molar-refractivity contribution >= 4 is 11.6 Å². The molecule has 1 saturated carbocycles. The Kier molecular flexibility index (Phi) is 3.73. The van der Waals surface area contributed by atoms with Crippen molar-refractivity contribution in [3.63, 3.8) is 0 Å². The molecule has 0 atom stereocenters. The van der Waals surface area contributed by atoms with Crippen LogP contribution in [0, 0.1) is 13.8 Å². The summed E-state index contributed by atoms with van der Waals surface area (Å²) in [6, 6.07) is 0. The van der Waals surface area contributed by atoms with Crippen molar-refractivity contribution in [3.8, 4) is 0 Å². The van der Waals surface area contributed by atoms with E-state index in [9.17, 15) is 0 Å². The largest absolute Gasteiger partial charge is 0.370 e. The standard InChI is InChI=1S/C14H24N4/c1-5-14(8-7-9-14)18-13-10(3)12(15-6-2)16-11(4)17-13/h5-9H2,1-4H3,(H2,15,16,17,18). The van der Waals surface area contributed by atoms with E-state index in [4.69, 9.17) is 0 Å². The van der Waals surface area contributed by atoms with Gasteiger partial charge in [0.25, 0.3) is 0 Å². The van der Waals surface area contributed by atoms with Crippen molar-refractivity contribution in [1.29, 1.82) is 0 Å². The summed E-state index contributed by atoms with van der Waals surface area (Å²) in [4.78, 5) is 9.03. The topological polar surface area (TPSA) is 49.8 Å². The van der Waals surface area contributed by atoms with Crippen LogP contribution in [0.4, 0.5) is 11.6 Å². The highest BCUT2D eigenvalue weighted by atomic mass is 15.1. The molecule has 4 nitrogen and oxygen atoms in total. The summed E-state index contributed by atoms with van der Waals surface area (Å²) in [6.07, 6.45) is 4.99. The Morgan fingerprint density at radius 3 is 2.28 bits per heavy atom. The number of aryl methyl sites for hydroxylation is 1. The first-order valence-electron chi connectivity index (χ1n) is 6.97. The minimum absolute atomic E-state index is 0.273. The zero-order valence-corrected chi connectivity index (χ0v) is 11.9. The first-order chi connectivity index (χ1) is 8.60. The molecule has 0 saturated heterocycles. The lowest BCUT2D eigenvalue weighted by Crippen LogP contribution is -2.44. The van der Waals surface area contributed by atoms with Gasteiger partial charge in [-0.2, -0.15) is 0 Å². The molecule has 2 rings (SSSR count). The van der Waals surface area contributed by atoms with Crippen molar-refractivity contribution in [3.05, 3.63) is 11.4 Å². The fourth-order valence-corrected chi connectivity index (χ4v) is 2.51. The summed E-state index contributed by atoms with van der Waals surface area (Å²) in [5.74, 6) is 2.78. The van der Waals surface area contributed by atoms with Crippen LogP contribution in [0.2, 0.25) is 0 Å². The number of aromatic nitrogens is 2. The van der Waals surface area contributed by atoms with Gasteiger partial charge in [0.1, 0.15) is 17.5 Å². The maximum atomic E-state index is 4.57. The summed E-state index contributed by atoms with van der Waals surface area (Å²) < 4.78 is 0. The second-order valence-electron chi connectivity index (χ2n) is 5.24. The van der Waals surface area contributed by atoms with Crippen molar-refractivity contribution < 1.29 is 0 Å². The molecule has 2 N–H and O–H groups in total. The molecule has 100 valence electrons. The molecular weight excluding hydrogens is 224 g/mol. The van der Waals surface area contributed by atoms with Gasteiger partial charge in [-0.15, -0.1) is 0 Å². The van der Waals surface area contributed by atoms with E-state index in [0.29, 0.717) is 0 Å². The molecule has 1 aromatic heterocycles. The molecule has 1 aliphatic rings. The Labute approximate surface area is 110 Å². The van der Waals surface area contributed by atoms with E-state index in [0.717, 1.165) is 36.0 Å². The highest BCUT2D eigenvalue weighted by Gasteiger charge is 2.35. The van der Waals surface area contributed by atoms with Crippen LogP contribution < -0.4 is 10.6 Å². The quantitative estimate of drug-likeness (QED) is 0.839. The third kappa shape index (κ3) is 2.42. The van der Waals surface area contributed by atoms with Gasteiger partial charge in [0.2, 0.25) is 0 Å². The first-order valence-corrected chi connectivity index (χ1v) is 6.97. The number of anilines is 2. The van der Waals surface area contributed by atoms with E-state index in [1.165, 1.54) is 19.3 Å². The lowest BCUT2D eigenvalue weighted by atomic mass is 9.75. The molecule has 0 bridgehead atoms. The predicted molar refractivity (Wildman–Crippen MR) is 76.2 cm³/mol. The lowest BCUT2D eigenvalue weighted by molar-refractivity contribution is 0.268. The van der Waals surface area contributed by atoms with Crippen molar-refractivity contribution in [1.82, 2.24) is 9.97 Å². The zero-order valence-electron chi connectivity index (χ0n) is 11.9. The highest BCUT2D eigenvalue weighted by molar-refractivity contribution is 5.58. The number of hydrogen-bond acceptors (Lipinski definition) is 4. The van der Waals surface area contributed by atoms with E-state index in [1.807, 2.05) is 6.92 Å². The van der Waals surface area contributed by atoms with Crippen molar-refractivity contribution in [2.45, 2.75) is 58.9 Å². The summed E-state index contributed by atoms with van der Waals surface area (Å²) in [7, 11) is 0. The number of rotatable bonds is 5. The number of hydrogen-bond donors (Lipinski definition) is 2. The molecule has 0 amide bonds. The zero-order chi connectivity index (χ0) is 13.2. The third-order valence-corrected chi connectivity index (χ3v) is 3.97. The normalized spacial score (nSPS) is 17.1. The van der Waals surface area contributed by atoms with Gasteiger partial charge in [-0.25, -0.2) is 9.97 Å². The molecule has 0 spiro atoms. The molecule has 1 aromatic rings. The van der Waals surface area contributed by atoms with Crippen LogP contribution in [0.5, 0.6) is 0 Å². The van der Waals surface area contributed by atoms with Gasteiger partial charge in [-0.1, -0.05) is 6.92 Å². The first kappa shape index (κ1) is 13.1. The highest BCUT2D eigenvalue weighted by Crippen LogP contribution is 2.38. The number of nitrogens with zero attached hydrogens (tertiary/aromatic N) is 2. The fourth-order valence-electron chi connectivity index (χ4n) is 2.51. The molecule has 1 fully saturated rings. The molecular formula is C14H24N4. The van der Waals surface area contributed by atoms with Gasteiger partial charge < -0.3 is 10.6 Å². The van der Waals surface area contributed by atoms with Crippen LogP contribution in [0.15, 0.2) is 0 Å². The Balaban J connectivity index is 2.26.